The molecule has 0 amide bonds. The monoisotopic (exact) mass is 210 g/mol. The summed E-state index contributed by atoms with van der Waals surface area (Å²) in [4.78, 5) is 6.32. The van der Waals surface area contributed by atoms with E-state index in [2.05, 4.69) is 39.5 Å². The van der Waals surface area contributed by atoms with Crippen molar-refractivity contribution in [3.8, 4) is 0 Å². The molecule has 0 saturated carbocycles. The van der Waals surface area contributed by atoms with Crippen LogP contribution in [0.3, 0.4) is 0 Å². The van der Waals surface area contributed by atoms with Crippen molar-refractivity contribution in [2.45, 2.75) is 13.0 Å². The van der Waals surface area contributed by atoms with Crippen LogP contribution < -0.4 is 0 Å². The molecule has 0 bridgehead atoms. The third kappa shape index (κ3) is 4.28. The van der Waals surface area contributed by atoms with E-state index in [1.54, 1.807) is 11.3 Å². The summed E-state index contributed by atoms with van der Waals surface area (Å²) in [7, 11) is 2.08. The maximum Gasteiger partial charge on any atom is 0.0324 e. The molecule has 0 aliphatic carbocycles. The molecule has 0 atom stereocenters. The van der Waals surface area contributed by atoms with Gasteiger partial charge in [-0.15, -0.1) is 11.3 Å². The van der Waals surface area contributed by atoms with Crippen LogP contribution in [0.2, 0.25) is 0 Å². The van der Waals surface area contributed by atoms with Gasteiger partial charge in [0.1, 0.15) is 0 Å². The van der Waals surface area contributed by atoms with Crippen LogP contribution in [0.25, 0.3) is 10.4 Å². The molecule has 76 valence electrons. The minimum absolute atomic E-state index is 0.589. The molecule has 5 heteroatoms. The predicted octanol–water partition coefficient (Wildman–Crippen LogP) is 2.88. The maximum absolute atomic E-state index is 8.09. The first kappa shape index (κ1) is 11.0. The summed E-state index contributed by atoms with van der Waals surface area (Å²) in [6.45, 7) is 2.54. The van der Waals surface area contributed by atoms with E-state index < -0.39 is 0 Å². The zero-order valence-corrected chi connectivity index (χ0v) is 9.07. The van der Waals surface area contributed by atoms with Crippen molar-refractivity contribution >= 4 is 11.3 Å². The van der Waals surface area contributed by atoms with Crippen molar-refractivity contribution in [3.05, 3.63) is 32.8 Å². The number of rotatable bonds is 6. The predicted molar refractivity (Wildman–Crippen MR) is 59.3 cm³/mol. The number of hydrogen-bond donors (Lipinski definition) is 0. The van der Waals surface area contributed by atoms with Gasteiger partial charge in [-0.1, -0.05) is 11.2 Å². The summed E-state index contributed by atoms with van der Waals surface area (Å²) < 4.78 is 0. The lowest BCUT2D eigenvalue weighted by molar-refractivity contribution is 0.327. The average Bonchev–Trinajstić information content (AvgIpc) is 2.65. The van der Waals surface area contributed by atoms with Gasteiger partial charge in [-0.05, 0) is 37.0 Å². The van der Waals surface area contributed by atoms with Crippen LogP contribution in [0, 0.1) is 0 Å². The van der Waals surface area contributed by atoms with Crippen LogP contribution in [-0.2, 0) is 6.54 Å². The summed E-state index contributed by atoms with van der Waals surface area (Å²) in [5, 5.41) is 5.58. The van der Waals surface area contributed by atoms with Gasteiger partial charge in [0.2, 0.25) is 0 Å². The van der Waals surface area contributed by atoms with E-state index in [9.17, 15) is 0 Å². The van der Waals surface area contributed by atoms with E-state index >= 15 is 0 Å². The first-order valence-corrected chi connectivity index (χ1v) is 5.42. The summed E-state index contributed by atoms with van der Waals surface area (Å²) >= 11 is 1.77. The smallest absolute Gasteiger partial charge is 0.0324 e. The highest BCUT2D eigenvalue weighted by atomic mass is 32.1. The molecule has 1 aromatic rings. The molecule has 4 nitrogen and oxygen atoms in total. The SMILES string of the molecule is CN(CCCN=[N+]=[N-])Cc1cccs1. The van der Waals surface area contributed by atoms with Crippen molar-refractivity contribution in [3.63, 3.8) is 0 Å². The largest absolute Gasteiger partial charge is 0.301 e. The molecule has 0 radical (unpaired) electrons. The normalized spacial score (nSPS) is 10.1. The van der Waals surface area contributed by atoms with E-state index in [0.29, 0.717) is 6.54 Å². The van der Waals surface area contributed by atoms with Crippen molar-refractivity contribution in [1.82, 2.24) is 4.90 Å². The Kier molecular flexibility index (Phi) is 5.07. The number of nitrogens with zero attached hydrogens (tertiary/aromatic N) is 4. The van der Waals surface area contributed by atoms with Crippen LogP contribution in [0.1, 0.15) is 11.3 Å². The zero-order valence-electron chi connectivity index (χ0n) is 8.26. The molecule has 0 unspecified atom stereocenters. The van der Waals surface area contributed by atoms with Crippen molar-refractivity contribution in [2.24, 2.45) is 5.11 Å². The lowest BCUT2D eigenvalue weighted by Crippen LogP contribution is -2.18. The van der Waals surface area contributed by atoms with E-state index in [-0.39, 0.29) is 0 Å². The zero-order chi connectivity index (χ0) is 10.2. The molecule has 0 aliphatic rings. The van der Waals surface area contributed by atoms with Gasteiger partial charge in [0.05, 0.1) is 0 Å². The lowest BCUT2D eigenvalue weighted by Gasteiger charge is -2.14. The first-order chi connectivity index (χ1) is 6.83. The van der Waals surface area contributed by atoms with Crippen LogP contribution in [0.5, 0.6) is 0 Å². The quantitative estimate of drug-likeness (QED) is 0.308. The van der Waals surface area contributed by atoms with Crippen LogP contribution >= 0.6 is 11.3 Å². The van der Waals surface area contributed by atoms with Gasteiger partial charge in [0.15, 0.2) is 0 Å². The van der Waals surface area contributed by atoms with Crippen LogP contribution in [0.4, 0.5) is 0 Å². The molecule has 14 heavy (non-hydrogen) atoms. The molecule has 0 aromatic carbocycles. The molecule has 1 heterocycles. The second-order valence-corrected chi connectivity index (χ2v) is 4.16. The van der Waals surface area contributed by atoms with Gasteiger partial charge in [-0.25, -0.2) is 0 Å². The summed E-state index contributed by atoms with van der Waals surface area (Å²) in [5.41, 5.74) is 8.09. The molecule has 0 fully saturated rings. The van der Waals surface area contributed by atoms with Gasteiger partial charge >= 0.3 is 0 Å². The van der Waals surface area contributed by atoms with Crippen molar-refractivity contribution in [1.29, 1.82) is 0 Å². The van der Waals surface area contributed by atoms with Crippen LogP contribution in [-0.4, -0.2) is 25.0 Å². The van der Waals surface area contributed by atoms with E-state index in [0.717, 1.165) is 19.5 Å². The van der Waals surface area contributed by atoms with E-state index in [1.165, 1.54) is 4.88 Å². The number of hydrogen-bond acceptors (Lipinski definition) is 3. The minimum Gasteiger partial charge on any atom is -0.301 e. The van der Waals surface area contributed by atoms with E-state index in [1.807, 2.05) is 0 Å². The van der Waals surface area contributed by atoms with Gasteiger partial charge in [-0.3, -0.25) is 0 Å². The lowest BCUT2D eigenvalue weighted by atomic mass is 10.3. The Morgan fingerprint density at radius 2 is 2.50 bits per heavy atom. The molecule has 1 aromatic heterocycles. The number of thiophene rings is 1. The summed E-state index contributed by atoms with van der Waals surface area (Å²) in [5.74, 6) is 0. The third-order valence-corrected chi connectivity index (χ3v) is 2.73. The van der Waals surface area contributed by atoms with Gasteiger partial charge in [0, 0.05) is 22.9 Å². The van der Waals surface area contributed by atoms with Gasteiger partial charge in [-0.2, -0.15) is 0 Å². The summed E-state index contributed by atoms with van der Waals surface area (Å²) in [6, 6.07) is 4.20. The number of azide groups is 1. The fourth-order valence-corrected chi connectivity index (χ4v) is 1.99. The molecule has 0 spiro atoms. The van der Waals surface area contributed by atoms with Crippen molar-refractivity contribution < 1.29 is 0 Å². The Hall–Kier alpha value is -1.03. The highest BCUT2D eigenvalue weighted by Gasteiger charge is 1.99. The average molecular weight is 210 g/mol. The van der Waals surface area contributed by atoms with Gasteiger partial charge in [0.25, 0.3) is 0 Å². The molecule has 0 aliphatic heterocycles. The Morgan fingerprint density at radius 3 is 3.14 bits per heavy atom. The first-order valence-electron chi connectivity index (χ1n) is 4.54. The third-order valence-electron chi connectivity index (χ3n) is 1.87. The van der Waals surface area contributed by atoms with Crippen LogP contribution in [0.15, 0.2) is 22.6 Å². The second-order valence-electron chi connectivity index (χ2n) is 3.13. The molecule has 0 N–H and O–H groups in total. The molecule has 0 saturated heterocycles. The van der Waals surface area contributed by atoms with Gasteiger partial charge < -0.3 is 4.90 Å². The Morgan fingerprint density at radius 1 is 1.64 bits per heavy atom. The topological polar surface area (TPSA) is 52.0 Å². The Labute approximate surface area is 87.8 Å². The highest BCUT2D eigenvalue weighted by Crippen LogP contribution is 2.10. The second kappa shape index (κ2) is 6.43. The fourth-order valence-electron chi connectivity index (χ4n) is 1.20. The van der Waals surface area contributed by atoms with Crippen molar-refractivity contribution in [2.75, 3.05) is 20.1 Å². The Balaban J connectivity index is 2.16. The molecule has 1 rings (SSSR count). The molecular formula is C9H14N4S. The molecular weight excluding hydrogens is 196 g/mol. The maximum atomic E-state index is 8.09. The Bertz CT molecular complexity index is 290. The standard InChI is InChI=1S/C9H14N4S/c1-13(6-3-5-11-12-10)8-9-4-2-7-14-9/h2,4,7H,3,5-6,8H2,1H3. The fraction of sp³-hybridized carbons (Fsp3) is 0.556. The highest BCUT2D eigenvalue weighted by molar-refractivity contribution is 7.09. The summed E-state index contributed by atoms with van der Waals surface area (Å²) in [6.07, 6.45) is 0.923. The van der Waals surface area contributed by atoms with E-state index in [4.69, 9.17) is 5.53 Å². The minimum atomic E-state index is 0.589.